The van der Waals surface area contributed by atoms with Crippen LogP contribution >= 0.6 is 0 Å². The van der Waals surface area contributed by atoms with Crippen molar-refractivity contribution in [1.29, 1.82) is 0 Å². The molecule has 2 saturated heterocycles. The molecule has 8 heteroatoms. The van der Waals surface area contributed by atoms with Gasteiger partial charge in [-0.05, 0) is 114 Å². The number of pyridine rings is 1. The predicted molar refractivity (Wildman–Crippen MR) is 152 cm³/mol. The van der Waals surface area contributed by atoms with Crippen LogP contribution in [-0.4, -0.2) is 85.4 Å². The second kappa shape index (κ2) is 13.0. The van der Waals surface area contributed by atoms with Gasteiger partial charge in [0.05, 0.1) is 11.9 Å². The van der Waals surface area contributed by atoms with Crippen LogP contribution in [-0.2, 0) is 0 Å². The van der Waals surface area contributed by atoms with Crippen molar-refractivity contribution in [3.8, 4) is 0 Å². The minimum atomic E-state index is -0.304. The number of halogens is 1. The Morgan fingerprint density at radius 1 is 0.897 bits per heavy atom. The lowest BCUT2D eigenvalue weighted by Crippen LogP contribution is -2.44. The predicted octanol–water partition coefficient (Wildman–Crippen LogP) is 4.25. The number of ketones is 1. The number of hydrogen-bond donors (Lipinski definition) is 1. The highest BCUT2D eigenvalue weighted by atomic mass is 19.1. The molecule has 39 heavy (non-hydrogen) atoms. The van der Waals surface area contributed by atoms with Gasteiger partial charge in [0.1, 0.15) is 11.5 Å². The lowest BCUT2D eigenvalue weighted by molar-refractivity contribution is 0.0832. The number of aromatic nitrogens is 1. The van der Waals surface area contributed by atoms with Gasteiger partial charge in [-0.3, -0.25) is 9.59 Å². The first-order chi connectivity index (χ1) is 18.9. The molecule has 1 N–H and O–H groups in total. The Hall–Kier alpha value is -2.84. The molecule has 1 aliphatic carbocycles. The molecule has 1 saturated carbocycles. The number of anilines is 1. The van der Waals surface area contributed by atoms with Crippen LogP contribution in [0.4, 0.5) is 10.1 Å². The number of nitrogens with zero attached hydrogens (tertiary/aromatic N) is 4. The molecule has 210 valence electrons. The molecular weight excluding hydrogens is 493 g/mol. The summed E-state index contributed by atoms with van der Waals surface area (Å²) in [4.78, 5) is 37.1. The summed E-state index contributed by atoms with van der Waals surface area (Å²) in [5.41, 5.74) is 2.21. The van der Waals surface area contributed by atoms with E-state index in [0.717, 1.165) is 90.0 Å². The molecule has 5 rings (SSSR count). The molecule has 2 aromatic rings. The summed E-state index contributed by atoms with van der Waals surface area (Å²) in [6.45, 7) is 7.04. The topological polar surface area (TPSA) is 68.8 Å². The molecule has 3 heterocycles. The van der Waals surface area contributed by atoms with E-state index in [0.29, 0.717) is 17.2 Å². The fourth-order valence-electron chi connectivity index (χ4n) is 6.26. The Bertz CT molecular complexity index is 1080. The Morgan fingerprint density at radius 2 is 1.59 bits per heavy atom. The number of amides is 1. The molecule has 0 spiro atoms. The fraction of sp³-hybridized carbons (Fsp3) is 0.581. The molecule has 1 aromatic carbocycles. The lowest BCUT2D eigenvalue weighted by atomic mass is 9.83. The van der Waals surface area contributed by atoms with E-state index in [1.807, 2.05) is 18.3 Å². The van der Waals surface area contributed by atoms with Gasteiger partial charge in [0.2, 0.25) is 0 Å². The maximum Gasteiger partial charge on any atom is 0.270 e. The van der Waals surface area contributed by atoms with Crippen molar-refractivity contribution in [2.75, 3.05) is 57.8 Å². The number of carbonyl (C=O) groups excluding carboxylic acids is 2. The number of rotatable bonds is 8. The largest absolute Gasteiger partial charge is 0.368 e. The Morgan fingerprint density at radius 3 is 2.23 bits per heavy atom. The third kappa shape index (κ3) is 7.42. The summed E-state index contributed by atoms with van der Waals surface area (Å²) in [7, 11) is 2.14. The first kappa shape index (κ1) is 27.7. The van der Waals surface area contributed by atoms with E-state index >= 15 is 0 Å². The third-order valence-corrected chi connectivity index (χ3v) is 8.97. The first-order valence-electron chi connectivity index (χ1n) is 14.7. The van der Waals surface area contributed by atoms with Crippen molar-refractivity contribution in [3.05, 3.63) is 59.7 Å². The van der Waals surface area contributed by atoms with Crippen molar-refractivity contribution >= 4 is 17.4 Å². The number of likely N-dealkylation sites (N-methyl/N-ethyl adjacent to an activating group) is 1. The molecule has 0 bridgehead atoms. The van der Waals surface area contributed by atoms with Gasteiger partial charge in [0.25, 0.3) is 5.91 Å². The van der Waals surface area contributed by atoms with E-state index < -0.39 is 0 Å². The zero-order chi connectivity index (χ0) is 27.2. The SMILES string of the molecule is CN1CCN(c2ccc(C(=O)N[C@H]3CC[C@H](CCN4CCC(C(=O)c5ccc(F)cc5)CC4)CC3)nc2)CC1. The Labute approximate surface area is 231 Å². The van der Waals surface area contributed by atoms with Crippen LogP contribution in [0.1, 0.15) is 65.8 Å². The van der Waals surface area contributed by atoms with Gasteiger partial charge in [0, 0.05) is 43.7 Å². The molecule has 3 aliphatic rings. The van der Waals surface area contributed by atoms with Crippen LogP contribution in [0.5, 0.6) is 0 Å². The van der Waals surface area contributed by atoms with E-state index in [4.69, 9.17) is 0 Å². The van der Waals surface area contributed by atoms with Crippen LogP contribution in [0.15, 0.2) is 42.6 Å². The highest BCUT2D eigenvalue weighted by molar-refractivity contribution is 5.97. The number of nitrogens with one attached hydrogen (secondary N) is 1. The zero-order valence-electron chi connectivity index (χ0n) is 23.2. The van der Waals surface area contributed by atoms with Gasteiger partial charge in [0.15, 0.2) is 5.78 Å². The molecule has 0 unspecified atom stereocenters. The van der Waals surface area contributed by atoms with Crippen molar-refractivity contribution in [2.24, 2.45) is 11.8 Å². The smallest absolute Gasteiger partial charge is 0.270 e. The summed E-state index contributed by atoms with van der Waals surface area (Å²) < 4.78 is 13.2. The number of piperazine rings is 1. The Balaban J connectivity index is 0.984. The molecule has 1 aromatic heterocycles. The average Bonchev–Trinajstić information content (AvgIpc) is 2.97. The average molecular weight is 536 g/mol. The van der Waals surface area contributed by atoms with Crippen molar-refractivity contribution in [2.45, 2.75) is 51.0 Å². The summed E-state index contributed by atoms with van der Waals surface area (Å²) >= 11 is 0. The standard InChI is InChI=1S/C31H42FN5O2/c1-35-18-20-37(21-19-35)28-10-11-29(33-22-28)31(39)34-27-8-2-23(3-9-27)12-15-36-16-13-25(14-17-36)30(38)24-4-6-26(32)7-5-24/h4-7,10-11,22-23,25,27H,2-3,8-9,12-21H2,1H3,(H,34,39)/t23-,27-. The first-order valence-corrected chi connectivity index (χ1v) is 14.7. The fourth-order valence-corrected chi connectivity index (χ4v) is 6.26. The van der Waals surface area contributed by atoms with E-state index in [9.17, 15) is 14.0 Å². The second-order valence-corrected chi connectivity index (χ2v) is 11.7. The number of likely N-dealkylation sites (tertiary alicyclic amines) is 1. The monoisotopic (exact) mass is 535 g/mol. The van der Waals surface area contributed by atoms with Gasteiger partial charge in [-0.2, -0.15) is 0 Å². The third-order valence-electron chi connectivity index (χ3n) is 8.97. The number of Topliss-reactive ketones (excluding diaryl/α,β-unsaturated/α-hetero) is 1. The van der Waals surface area contributed by atoms with E-state index in [2.05, 4.69) is 32.0 Å². The van der Waals surface area contributed by atoms with Gasteiger partial charge in [-0.25, -0.2) is 9.37 Å². The van der Waals surface area contributed by atoms with E-state index in [1.54, 1.807) is 12.1 Å². The van der Waals surface area contributed by atoms with Crippen LogP contribution < -0.4 is 10.2 Å². The van der Waals surface area contributed by atoms with Crippen molar-refractivity contribution in [1.82, 2.24) is 20.1 Å². The summed E-state index contributed by atoms with van der Waals surface area (Å²) in [5.74, 6) is 0.514. The quantitative estimate of drug-likeness (QED) is 0.510. The maximum absolute atomic E-state index is 13.2. The summed E-state index contributed by atoms with van der Waals surface area (Å²) in [6, 6.07) is 10.0. The lowest BCUT2D eigenvalue weighted by Gasteiger charge is -2.34. The maximum atomic E-state index is 13.2. The number of piperidine rings is 1. The number of carbonyl (C=O) groups is 2. The number of hydrogen-bond acceptors (Lipinski definition) is 6. The molecule has 0 radical (unpaired) electrons. The van der Waals surface area contributed by atoms with Gasteiger partial charge >= 0.3 is 0 Å². The molecule has 1 amide bonds. The van der Waals surface area contributed by atoms with Crippen LogP contribution in [0.2, 0.25) is 0 Å². The van der Waals surface area contributed by atoms with E-state index in [-0.39, 0.29) is 29.5 Å². The normalized spacial score (nSPS) is 23.5. The van der Waals surface area contributed by atoms with Crippen LogP contribution in [0.3, 0.4) is 0 Å². The highest BCUT2D eigenvalue weighted by Crippen LogP contribution is 2.29. The minimum Gasteiger partial charge on any atom is -0.368 e. The van der Waals surface area contributed by atoms with Gasteiger partial charge in [-0.15, -0.1) is 0 Å². The van der Waals surface area contributed by atoms with Crippen molar-refractivity contribution < 1.29 is 14.0 Å². The van der Waals surface area contributed by atoms with Crippen molar-refractivity contribution in [3.63, 3.8) is 0 Å². The molecule has 2 aliphatic heterocycles. The minimum absolute atomic E-state index is 0.0447. The molecule has 0 atom stereocenters. The van der Waals surface area contributed by atoms with Crippen LogP contribution in [0, 0.1) is 17.7 Å². The van der Waals surface area contributed by atoms with Gasteiger partial charge < -0.3 is 20.0 Å². The second-order valence-electron chi connectivity index (χ2n) is 11.7. The molecule has 7 nitrogen and oxygen atoms in total. The summed E-state index contributed by atoms with van der Waals surface area (Å²) in [5, 5.41) is 3.21. The van der Waals surface area contributed by atoms with Gasteiger partial charge in [-0.1, -0.05) is 0 Å². The highest BCUT2D eigenvalue weighted by Gasteiger charge is 2.28. The number of benzene rings is 1. The van der Waals surface area contributed by atoms with E-state index in [1.165, 1.54) is 18.6 Å². The summed E-state index contributed by atoms with van der Waals surface area (Å²) in [6.07, 6.45) is 9.07. The molecular formula is C31H42FN5O2. The molecule has 3 fully saturated rings. The Kier molecular flexibility index (Phi) is 9.24. The van der Waals surface area contributed by atoms with Crippen LogP contribution in [0.25, 0.3) is 0 Å². The zero-order valence-corrected chi connectivity index (χ0v) is 23.2.